The summed E-state index contributed by atoms with van der Waals surface area (Å²) in [5.74, 6) is 0. The van der Waals surface area contributed by atoms with Gasteiger partial charge in [-0.1, -0.05) is 30.3 Å². The molecule has 152 valence electrons. The molecule has 0 aliphatic carbocycles. The summed E-state index contributed by atoms with van der Waals surface area (Å²) in [5, 5.41) is 4.91. The molecule has 0 saturated carbocycles. The first-order chi connectivity index (χ1) is 12.4. The first-order valence-electron chi connectivity index (χ1n) is 8.23. The van der Waals surface area contributed by atoms with E-state index < -0.39 is 33.9 Å². The molecule has 0 fully saturated rings. The van der Waals surface area contributed by atoms with Crippen molar-refractivity contribution < 1.29 is 31.7 Å². The fourth-order valence-electron chi connectivity index (χ4n) is 1.81. The predicted molar refractivity (Wildman–Crippen MR) is 98.6 cm³/mol. The van der Waals surface area contributed by atoms with Crippen LogP contribution < -0.4 is 10.6 Å². The third-order valence-corrected chi connectivity index (χ3v) is 3.47. The molecule has 0 radical (unpaired) electrons. The van der Waals surface area contributed by atoms with Crippen LogP contribution >= 0.6 is 0 Å². The number of hydrogen-bond acceptors (Lipinski definition) is 7. The van der Waals surface area contributed by atoms with Gasteiger partial charge in [-0.15, -0.1) is 0 Å². The number of carbonyl (C=O) groups is 2. The van der Waals surface area contributed by atoms with Gasteiger partial charge in [-0.2, -0.15) is 8.42 Å². The van der Waals surface area contributed by atoms with Crippen molar-refractivity contribution in [1.82, 2.24) is 10.6 Å². The Balaban J connectivity index is 2.56. The van der Waals surface area contributed by atoms with Crippen molar-refractivity contribution in [2.75, 3.05) is 19.4 Å². The fraction of sp³-hybridized carbons (Fsp3) is 0.529. The summed E-state index contributed by atoms with van der Waals surface area (Å²) in [6.45, 7) is 4.69. The maximum atomic E-state index is 11.9. The molecule has 27 heavy (non-hydrogen) atoms. The van der Waals surface area contributed by atoms with Crippen LogP contribution in [0.2, 0.25) is 0 Å². The lowest BCUT2D eigenvalue weighted by atomic mass is 10.2. The van der Waals surface area contributed by atoms with E-state index in [1.165, 1.54) is 0 Å². The Morgan fingerprint density at radius 3 is 2.30 bits per heavy atom. The summed E-state index contributed by atoms with van der Waals surface area (Å²) in [6, 6.07) is 8.21. The largest absolute Gasteiger partial charge is 0.445 e. The molecule has 0 unspecified atom stereocenters. The molecule has 9 nitrogen and oxygen atoms in total. The summed E-state index contributed by atoms with van der Waals surface area (Å²) in [6.07, 6.45) is -0.586. The van der Waals surface area contributed by atoms with Crippen molar-refractivity contribution in [3.05, 3.63) is 35.9 Å². The van der Waals surface area contributed by atoms with Crippen LogP contribution in [-0.2, 0) is 30.4 Å². The molecule has 10 heteroatoms. The van der Waals surface area contributed by atoms with Gasteiger partial charge < -0.3 is 20.1 Å². The van der Waals surface area contributed by atoms with Crippen LogP contribution in [0.4, 0.5) is 9.59 Å². The number of nitrogens with one attached hydrogen (secondary N) is 2. The SMILES string of the molecule is CC(C)(C)OC(=O)NC[C@@H](COS(C)(=O)=O)NC(=O)OCc1ccccc1. The van der Waals surface area contributed by atoms with E-state index >= 15 is 0 Å². The third kappa shape index (κ3) is 11.8. The molecule has 2 amide bonds. The van der Waals surface area contributed by atoms with E-state index in [1.54, 1.807) is 32.9 Å². The van der Waals surface area contributed by atoms with Gasteiger partial charge in [0.25, 0.3) is 10.1 Å². The van der Waals surface area contributed by atoms with Crippen LogP contribution in [0.3, 0.4) is 0 Å². The lowest BCUT2D eigenvalue weighted by Crippen LogP contribution is -2.47. The molecule has 1 rings (SSSR count). The van der Waals surface area contributed by atoms with Gasteiger partial charge in [0.2, 0.25) is 0 Å². The molecule has 1 atom stereocenters. The van der Waals surface area contributed by atoms with Crippen LogP contribution in [-0.4, -0.2) is 51.7 Å². The smallest absolute Gasteiger partial charge is 0.407 e. The monoisotopic (exact) mass is 402 g/mol. The number of amides is 2. The summed E-state index contributed by atoms with van der Waals surface area (Å²) in [4.78, 5) is 23.7. The minimum absolute atomic E-state index is 0.0474. The average Bonchev–Trinajstić information content (AvgIpc) is 2.54. The zero-order valence-electron chi connectivity index (χ0n) is 15.9. The molecule has 0 aliphatic rings. The zero-order chi connectivity index (χ0) is 20.5. The summed E-state index contributed by atoms with van der Waals surface area (Å²) in [7, 11) is -3.71. The molecular formula is C17H26N2O7S. The van der Waals surface area contributed by atoms with Gasteiger partial charge in [0.1, 0.15) is 12.2 Å². The van der Waals surface area contributed by atoms with Crippen LogP contribution in [0.1, 0.15) is 26.3 Å². The lowest BCUT2D eigenvalue weighted by molar-refractivity contribution is 0.0517. The van der Waals surface area contributed by atoms with Crippen molar-refractivity contribution in [2.45, 2.75) is 39.0 Å². The summed E-state index contributed by atoms with van der Waals surface area (Å²) < 4.78 is 37.2. The molecule has 2 N–H and O–H groups in total. The van der Waals surface area contributed by atoms with E-state index in [0.29, 0.717) is 0 Å². The van der Waals surface area contributed by atoms with Gasteiger partial charge in [-0.25, -0.2) is 9.59 Å². The Morgan fingerprint density at radius 1 is 1.11 bits per heavy atom. The Kier molecular flexibility index (Phi) is 8.51. The van der Waals surface area contributed by atoms with Crippen molar-refractivity contribution in [3.8, 4) is 0 Å². The van der Waals surface area contributed by atoms with Gasteiger partial charge in [-0.3, -0.25) is 4.18 Å². The first kappa shape index (κ1) is 22.7. The highest BCUT2D eigenvalue weighted by Crippen LogP contribution is 2.06. The highest BCUT2D eigenvalue weighted by molar-refractivity contribution is 7.85. The minimum atomic E-state index is -3.71. The maximum Gasteiger partial charge on any atom is 0.407 e. The van der Waals surface area contributed by atoms with E-state index in [-0.39, 0.29) is 19.8 Å². The van der Waals surface area contributed by atoms with Gasteiger partial charge in [0, 0.05) is 6.54 Å². The molecule has 0 bridgehead atoms. The highest BCUT2D eigenvalue weighted by Gasteiger charge is 2.20. The van der Waals surface area contributed by atoms with E-state index in [0.717, 1.165) is 11.8 Å². The Bertz CT molecular complexity index is 715. The number of carbonyl (C=O) groups excluding carboxylic acids is 2. The number of ether oxygens (including phenoxy) is 2. The normalized spacial score (nSPS) is 12.7. The fourth-order valence-corrected chi connectivity index (χ4v) is 2.22. The Morgan fingerprint density at radius 2 is 1.74 bits per heavy atom. The van der Waals surface area contributed by atoms with Crippen LogP contribution in [0.15, 0.2) is 30.3 Å². The van der Waals surface area contributed by atoms with Gasteiger partial charge in [0.15, 0.2) is 0 Å². The molecule has 0 heterocycles. The minimum Gasteiger partial charge on any atom is -0.445 e. The Labute approximate surface area is 159 Å². The van der Waals surface area contributed by atoms with Crippen LogP contribution in [0, 0.1) is 0 Å². The second-order valence-electron chi connectivity index (χ2n) is 6.77. The molecule has 1 aromatic rings. The Hall–Kier alpha value is -2.33. The summed E-state index contributed by atoms with van der Waals surface area (Å²) >= 11 is 0. The van der Waals surface area contributed by atoms with Gasteiger partial charge >= 0.3 is 12.2 Å². The summed E-state index contributed by atoms with van der Waals surface area (Å²) in [5.41, 5.74) is 0.105. The van der Waals surface area contributed by atoms with E-state index in [9.17, 15) is 18.0 Å². The van der Waals surface area contributed by atoms with Crippen LogP contribution in [0.25, 0.3) is 0 Å². The number of hydrogen-bond donors (Lipinski definition) is 2. The quantitative estimate of drug-likeness (QED) is 0.636. The highest BCUT2D eigenvalue weighted by atomic mass is 32.2. The second kappa shape index (κ2) is 10.1. The first-order valence-corrected chi connectivity index (χ1v) is 10.0. The molecule has 1 aromatic carbocycles. The van der Waals surface area contributed by atoms with Crippen molar-refractivity contribution in [1.29, 1.82) is 0 Å². The number of rotatable bonds is 8. The lowest BCUT2D eigenvalue weighted by Gasteiger charge is -2.22. The number of benzene rings is 1. The average molecular weight is 402 g/mol. The van der Waals surface area contributed by atoms with E-state index in [1.807, 2.05) is 18.2 Å². The molecule has 0 saturated heterocycles. The predicted octanol–water partition coefficient (Wildman–Crippen LogP) is 1.78. The van der Waals surface area contributed by atoms with Crippen molar-refractivity contribution >= 4 is 22.3 Å². The van der Waals surface area contributed by atoms with E-state index in [4.69, 9.17) is 13.7 Å². The number of alkyl carbamates (subject to hydrolysis) is 2. The molecule has 0 aliphatic heterocycles. The van der Waals surface area contributed by atoms with Crippen LogP contribution in [0.5, 0.6) is 0 Å². The van der Waals surface area contributed by atoms with Crippen molar-refractivity contribution in [3.63, 3.8) is 0 Å². The zero-order valence-corrected chi connectivity index (χ0v) is 16.7. The standard InChI is InChI=1S/C17H26N2O7S/c1-17(2,3)26-15(20)18-10-14(12-25-27(4,22)23)19-16(21)24-11-13-8-6-5-7-9-13/h5-9,14H,10-12H2,1-4H3,(H,18,20)(H,19,21)/t14-/m0/s1. The molecule has 0 spiro atoms. The van der Waals surface area contributed by atoms with Gasteiger partial charge in [0.05, 0.1) is 18.9 Å². The van der Waals surface area contributed by atoms with Gasteiger partial charge in [-0.05, 0) is 26.3 Å². The topological polar surface area (TPSA) is 120 Å². The molecule has 0 aromatic heterocycles. The maximum absolute atomic E-state index is 11.9. The molecular weight excluding hydrogens is 376 g/mol. The van der Waals surface area contributed by atoms with Crippen molar-refractivity contribution in [2.24, 2.45) is 0 Å². The third-order valence-electron chi connectivity index (χ3n) is 2.91. The second-order valence-corrected chi connectivity index (χ2v) is 8.42. The van der Waals surface area contributed by atoms with E-state index in [2.05, 4.69) is 10.6 Å².